The molecule has 170 valence electrons. The number of hydrogen-bond acceptors (Lipinski definition) is 8. The fourth-order valence-corrected chi connectivity index (χ4v) is 4.68. The number of hydrogen-bond donors (Lipinski definition) is 1. The lowest BCUT2D eigenvalue weighted by molar-refractivity contribution is -0.139. The maximum absolute atomic E-state index is 13.8. The molecular formula is C22H24ClFN4O3S. The molecular weight excluding hydrogens is 455 g/mol. The third kappa shape index (κ3) is 5.01. The van der Waals surface area contributed by atoms with Gasteiger partial charge in [-0.15, -0.1) is 11.3 Å². The average molecular weight is 479 g/mol. The van der Waals surface area contributed by atoms with E-state index in [4.69, 9.17) is 26.1 Å². The summed E-state index contributed by atoms with van der Waals surface area (Å²) in [4.78, 5) is 24.5. The fourth-order valence-electron chi connectivity index (χ4n) is 3.82. The Hall–Kier alpha value is -2.33. The molecule has 1 N–H and O–H groups in total. The molecule has 1 aromatic carbocycles. The number of nitrogens with zero attached hydrogens (tertiary/aromatic N) is 3. The first-order chi connectivity index (χ1) is 15.5. The highest BCUT2D eigenvalue weighted by atomic mass is 35.5. The number of carbonyl (C=O) groups excluding carboxylic acids is 1. The van der Waals surface area contributed by atoms with E-state index < -0.39 is 17.8 Å². The van der Waals surface area contributed by atoms with Gasteiger partial charge < -0.3 is 14.8 Å². The number of esters is 1. The minimum absolute atomic E-state index is 0.0911. The van der Waals surface area contributed by atoms with Gasteiger partial charge in [-0.05, 0) is 26.0 Å². The lowest BCUT2D eigenvalue weighted by Gasteiger charge is -2.34. The molecule has 2 aliphatic heterocycles. The van der Waals surface area contributed by atoms with E-state index in [0.29, 0.717) is 40.8 Å². The van der Waals surface area contributed by atoms with Gasteiger partial charge in [0.1, 0.15) is 11.9 Å². The molecule has 0 radical (unpaired) electrons. The largest absolute Gasteiger partial charge is 0.463 e. The molecule has 4 rings (SSSR count). The predicted molar refractivity (Wildman–Crippen MR) is 121 cm³/mol. The van der Waals surface area contributed by atoms with Crippen molar-refractivity contribution in [2.75, 3.05) is 32.8 Å². The van der Waals surface area contributed by atoms with Crippen molar-refractivity contribution in [3.8, 4) is 0 Å². The number of thiazole rings is 1. The molecule has 10 heteroatoms. The minimum Gasteiger partial charge on any atom is -0.463 e. The summed E-state index contributed by atoms with van der Waals surface area (Å²) in [6.07, 6.45) is 1.78. The third-order valence-corrected chi connectivity index (χ3v) is 6.33. The minimum atomic E-state index is -0.754. The Morgan fingerprint density at radius 2 is 2.31 bits per heavy atom. The van der Waals surface area contributed by atoms with Crippen LogP contribution >= 0.6 is 22.9 Å². The molecule has 2 atom stereocenters. The molecule has 0 spiro atoms. The molecule has 3 heterocycles. The number of carbonyl (C=O) groups is 1. The molecule has 0 saturated carbocycles. The fraction of sp³-hybridized carbons (Fsp3) is 0.409. The first-order valence-electron chi connectivity index (χ1n) is 10.4. The zero-order valence-corrected chi connectivity index (χ0v) is 19.4. The molecule has 7 nitrogen and oxygen atoms in total. The van der Waals surface area contributed by atoms with E-state index in [9.17, 15) is 9.18 Å². The van der Waals surface area contributed by atoms with Crippen molar-refractivity contribution in [3.05, 3.63) is 62.5 Å². The number of aliphatic imine (C=N–C) groups is 1. The van der Waals surface area contributed by atoms with E-state index in [-0.39, 0.29) is 17.7 Å². The second-order valence-electron chi connectivity index (χ2n) is 7.54. The number of benzene rings is 1. The summed E-state index contributed by atoms with van der Waals surface area (Å²) in [5.41, 5.74) is 1.56. The van der Waals surface area contributed by atoms with Crippen molar-refractivity contribution in [2.45, 2.75) is 26.0 Å². The smallest absolute Gasteiger partial charge is 0.338 e. The number of amidine groups is 1. The highest BCUT2D eigenvalue weighted by Crippen LogP contribution is 2.37. The molecule has 0 amide bonds. The number of halogens is 2. The van der Waals surface area contributed by atoms with Crippen LogP contribution in [0.15, 0.2) is 46.0 Å². The normalized spacial score (nSPS) is 21.8. The third-order valence-electron chi connectivity index (χ3n) is 5.22. The van der Waals surface area contributed by atoms with E-state index >= 15 is 0 Å². The van der Waals surface area contributed by atoms with Crippen LogP contribution in [-0.2, 0) is 14.3 Å². The van der Waals surface area contributed by atoms with Crippen molar-refractivity contribution < 1.29 is 18.7 Å². The molecule has 1 saturated heterocycles. The van der Waals surface area contributed by atoms with Gasteiger partial charge in [0.15, 0.2) is 10.8 Å². The van der Waals surface area contributed by atoms with Crippen LogP contribution in [0.5, 0.6) is 0 Å². The van der Waals surface area contributed by atoms with Crippen molar-refractivity contribution in [1.29, 1.82) is 0 Å². The van der Waals surface area contributed by atoms with E-state index in [1.165, 1.54) is 23.5 Å². The zero-order valence-electron chi connectivity index (χ0n) is 17.8. The van der Waals surface area contributed by atoms with Gasteiger partial charge in [-0.2, -0.15) is 0 Å². The number of morpholine rings is 1. The van der Waals surface area contributed by atoms with Gasteiger partial charge in [-0.25, -0.2) is 14.2 Å². The Bertz CT molecular complexity index is 1040. The number of nitrogens with one attached hydrogen (secondary N) is 1. The lowest BCUT2D eigenvalue weighted by Crippen LogP contribution is -2.45. The van der Waals surface area contributed by atoms with Crippen LogP contribution in [0.1, 0.15) is 30.5 Å². The number of aromatic nitrogens is 1. The van der Waals surface area contributed by atoms with Crippen LogP contribution in [-0.4, -0.2) is 60.6 Å². The SMILES string of the molecule is CCOC(=O)C1=C(CN2CCO[C@H](C)C2)NC(c2nccs2)=N[C@H]1c1ccc(F)cc1Cl. The Balaban J connectivity index is 1.81. The van der Waals surface area contributed by atoms with E-state index in [2.05, 4.69) is 15.2 Å². The first-order valence-corrected chi connectivity index (χ1v) is 11.7. The molecule has 32 heavy (non-hydrogen) atoms. The Kier molecular flexibility index (Phi) is 7.20. The summed E-state index contributed by atoms with van der Waals surface area (Å²) in [5.74, 6) is -0.403. The van der Waals surface area contributed by atoms with Crippen molar-refractivity contribution >= 4 is 34.7 Å². The number of ether oxygens (including phenoxy) is 2. The van der Waals surface area contributed by atoms with Crippen LogP contribution in [0.25, 0.3) is 0 Å². The van der Waals surface area contributed by atoms with E-state index in [0.717, 1.165) is 13.1 Å². The van der Waals surface area contributed by atoms with Gasteiger partial charge in [-0.3, -0.25) is 9.89 Å². The molecule has 0 aliphatic carbocycles. The quantitative estimate of drug-likeness (QED) is 0.640. The summed E-state index contributed by atoms with van der Waals surface area (Å²) in [6.45, 7) is 6.54. The second-order valence-corrected chi connectivity index (χ2v) is 8.84. The van der Waals surface area contributed by atoms with Crippen LogP contribution in [0.4, 0.5) is 4.39 Å². The molecule has 1 fully saturated rings. The second kappa shape index (κ2) is 10.1. The van der Waals surface area contributed by atoms with Gasteiger partial charge in [0.2, 0.25) is 0 Å². The summed E-state index contributed by atoms with van der Waals surface area (Å²) in [5, 5.41) is 6.05. The molecule has 0 unspecified atom stereocenters. The highest BCUT2D eigenvalue weighted by Gasteiger charge is 2.35. The van der Waals surface area contributed by atoms with Crippen molar-refractivity contribution in [1.82, 2.24) is 15.2 Å². The summed E-state index contributed by atoms with van der Waals surface area (Å²) in [7, 11) is 0. The first kappa shape index (κ1) is 22.8. The van der Waals surface area contributed by atoms with Gasteiger partial charge >= 0.3 is 5.97 Å². The standard InChI is InChI=1S/C22H24ClFN4O3S/c1-3-30-22(29)18-17(12-28-7-8-31-13(2)11-28)26-20(21-25-6-9-32-21)27-19(18)15-5-4-14(24)10-16(15)23/h4-6,9-10,13,19H,3,7-8,11-12H2,1-2H3,(H,26,27)/t13-,19+/m1/s1. The van der Waals surface area contributed by atoms with Crippen LogP contribution in [0, 0.1) is 5.82 Å². The average Bonchev–Trinajstić information content (AvgIpc) is 3.28. The zero-order chi connectivity index (χ0) is 22.7. The molecule has 0 bridgehead atoms. The Labute approximate surface area is 194 Å². The maximum atomic E-state index is 13.8. The van der Waals surface area contributed by atoms with Crippen molar-refractivity contribution in [2.24, 2.45) is 4.99 Å². The van der Waals surface area contributed by atoms with Crippen molar-refractivity contribution in [3.63, 3.8) is 0 Å². The van der Waals surface area contributed by atoms with Gasteiger partial charge in [-0.1, -0.05) is 17.7 Å². The van der Waals surface area contributed by atoms with Gasteiger partial charge in [0, 0.05) is 47.5 Å². The van der Waals surface area contributed by atoms with E-state index in [1.807, 2.05) is 12.3 Å². The van der Waals surface area contributed by atoms with Crippen LogP contribution in [0.3, 0.4) is 0 Å². The summed E-state index contributed by atoms with van der Waals surface area (Å²) in [6, 6.07) is 3.35. The van der Waals surface area contributed by atoms with Gasteiger partial charge in [0.05, 0.1) is 24.9 Å². The van der Waals surface area contributed by atoms with Gasteiger partial charge in [0.25, 0.3) is 0 Å². The van der Waals surface area contributed by atoms with E-state index in [1.54, 1.807) is 19.2 Å². The highest BCUT2D eigenvalue weighted by molar-refractivity contribution is 7.11. The predicted octanol–water partition coefficient (Wildman–Crippen LogP) is 3.56. The molecule has 2 aromatic rings. The molecule has 2 aliphatic rings. The van der Waals surface area contributed by atoms with Crippen LogP contribution in [0.2, 0.25) is 5.02 Å². The Morgan fingerprint density at radius 1 is 1.47 bits per heavy atom. The monoisotopic (exact) mass is 478 g/mol. The number of rotatable bonds is 6. The van der Waals surface area contributed by atoms with Crippen LogP contribution < -0.4 is 5.32 Å². The summed E-state index contributed by atoms with van der Waals surface area (Å²) >= 11 is 7.83. The maximum Gasteiger partial charge on any atom is 0.338 e. The topological polar surface area (TPSA) is 76.0 Å². The lowest BCUT2D eigenvalue weighted by atomic mass is 9.95. The Morgan fingerprint density at radius 3 is 3.00 bits per heavy atom. The molecule has 1 aromatic heterocycles. The summed E-state index contributed by atoms with van der Waals surface area (Å²) < 4.78 is 24.8.